The summed E-state index contributed by atoms with van der Waals surface area (Å²) in [6.45, 7) is 2.21. The van der Waals surface area contributed by atoms with Gasteiger partial charge < -0.3 is 21.7 Å². The van der Waals surface area contributed by atoms with Gasteiger partial charge in [0.05, 0.1) is 0 Å². The Hall–Kier alpha value is -2.08. The van der Waals surface area contributed by atoms with E-state index in [2.05, 4.69) is 16.0 Å². The molecule has 1 fully saturated rings. The van der Waals surface area contributed by atoms with E-state index in [9.17, 15) is 9.59 Å². The molecule has 0 bridgehead atoms. The summed E-state index contributed by atoms with van der Waals surface area (Å²) in [5.74, 6) is -0.0619. The smallest absolute Gasteiger partial charge is 0.312 e. The van der Waals surface area contributed by atoms with Crippen LogP contribution in [0.25, 0.3) is 0 Å². The van der Waals surface area contributed by atoms with Crippen molar-refractivity contribution in [3.63, 3.8) is 0 Å². The highest BCUT2D eigenvalue weighted by atomic mass is 16.2. The van der Waals surface area contributed by atoms with Crippen molar-refractivity contribution in [1.82, 2.24) is 16.0 Å². The quantitative estimate of drug-likeness (QED) is 0.638. The number of benzene rings is 1. The molecule has 1 saturated heterocycles. The van der Waals surface area contributed by atoms with Crippen molar-refractivity contribution in [3.8, 4) is 0 Å². The molecule has 0 aliphatic carbocycles. The SMILES string of the molecule is NC(=O)NCc1ccc(C(=O)N[C@H]2CCCNC2)cc1. The zero-order chi connectivity index (χ0) is 14.4. The van der Waals surface area contributed by atoms with Gasteiger partial charge >= 0.3 is 6.03 Å². The van der Waals surface area contributed by atoms with Gasteiger partial charge in [0, 0.05) is 24.7 Å². The predicted octanol–water partition coefficient (Wildman–Crippen LogP) is 0.337. The Morgan fingerprint density at radius 2 is 2.05 bits per heavy atom. The molecule has 1 atom stereocenters. The van der Waals surface area contributed by atoms with E-state index in [1.165, 1.54) is 0 Å². The van der Waals surface area contributed by atoms with Gasteiger partial charge in [-0.15, -0.1) is 0 Å². The number of carbonyl (C=O) groups excluding carboxylic acids is 2. The number of hydrogen-bond acceptors (Lipinski definition) is 3. The van der Waals surface area contributed by atoms with Crippen molar-refractivity contribution in [2.24, 2.45) is 5.73 Å². The molecular weight excluding hydrogens is 256 g/mol. The van der Waals surface area contributed by atoms with Crippen LogP contribution in [0.2, 0.25) is 0 Å². The fourth-order valence-electron chi connectivity index (χ4n) is 2.21. The lowest BCUT2D eigenvalue weighted by Crippen LogP contribution is -2.45. The van der Waals surface area contributed by atoms with Crippen molar-refractivity contribution in [3.05, 3.63) is 35.4 Å². The summed E-state index contributed by atoms with van der Waals surface area (Å²) in [5, 5.41) is 8.78. The number of amides is 3. The third kappa shape index (κ3) is 4.24. The highest BCUT2D eigenvalue weighted by molar-refractivity contribution is 5.94. The number of piperidine rings is 1. The first-order valence-electron chi connectivity index (χ1n) is 6.79. The zero-order valence-electron chi connectivity index (χ0n) is 11.3. The van der Waals surface area contributed by atoms with Gasteiger partial charge in [-0.1, -0.05) is 12.1 Å². The Bertz CT molecular complexity index is 467. The maximum absolute atomic E-state index is 12.1. The Kier molecular flexibility index (Phi) is 4.95. The van der Waals surface area contributed by atoms with Crippen LogP contribution in [-0.4, -0.2) is 31.1 Å². The van der Waals surface area contributed by atoms with E-state index >= 15 is 0 Å². The molecule has 1 aliphatic rings. The number of hydrogen-bond donors (Lipinski definition) is 4. The van der Waals surface area contributed by atoms with Crippen LogP contribution in [-0.2, 0) is 6.54 Å². The summed E-state index contributed by atoms with van der Waals surface area (Å²) in [7, 11) is 0. The summed E-state index contributed by atoms with van der Waals surface area (Å²) in [6, 6.07) is 6.77. The molecule has 1 aliphatic heterocycles. The van der Waals surface area contributed by atoms with Crippen LogP contribution in [0.5, 0.6) is 0 Å². The third-order valence-corrected chi connectivity index (χ3v) is 3.31. The number of carbonyl (C=O) groups is 2. The van der Waals surface area contributed by atoms with E-state index in [1.807, 2.05) is 12.1 Å². The number of primary amides is 1. The van der Waals surface area contributed by atoms with Crippen molar-refractivity contribution in [2.75, 3.05) is 13.1 Å². The molecule has 1 aromatic rings. The lowest BCUT2D eigenvalue weighted by molar-refractivity contribution is 0.0930. The molecule has 0 radical (unpaired) electrons. The summed E-state index contributed by atoms with van der Waals surface area (Å²) in [6.07, 6.45) is 2.10. The van der Waals surface area contributed by atoms with E-state index in [4.69, 9.17) is 5.73 Å². The zero-order valence-corrected chi connectivity index (χ0v) is 11.3. The first-order chi connectivity index (χ1) is 9.65. The van der Waals surface area contributed by atoms with E-state index in [0.29, 0.717) is 12.1 Å². The van der Waals surface area contributed by atoms with E-state index < -0.39 is 6.03 Å². The average Bonchev–Trinajstić information content (AvgIpc) is 2.46. The van der Waals surface area contributed by atoms with Crippen LogP contribution in [0.3, 0.4) is 0 Å². The normalized spacial score (nSPS) is 18.3. The fourth-order valence-corrected chi connectivity index (χ4v) is 2.21. The second-order valence-corrected chi connectivity index (χ2v) is 4.93. The Balaban J connectivity index is 1.88. The monoisotopic (exact) mass is 276 g/mol. The van der Waals surface area contributed by atoms with Crippen LogP contribution in [0.4, 0.5) is 4.79 Å². The minimum atomic E-state index is -0.559. The number of urea groups is 1. The molecule has 0 spiro atoms. The van der Waals surface area contributed by atoms with Gasteiger partial charge in [0.15, 0.2) is 0 Å². The van der Waals surface area contributed by atoms with E-state index in [0.717, 1.165) is 31.5 Å². The molecule has 108 valence electrons. The van der Waals surface area contributed by atoms with Gasteiger partial charge in [-0.3, -0.25) is 4.79 Å². The van der Waals surface area contributed by atoms with E-state index in [-0.39, 0.29) is 11.9 Å². The maximum atomic E-state index is 12.1. The molecule has 1 heterocycles. The van der Waals surface area contributed by atoms with Gasteiger partial charge in [-0.05, 0) is 37.1 Å². The molecule has 0 saturated carbocycles. The highest BCUT2D eigenvalue weighted by Gasteiger charge is 2.16. The molecule has 5 N–H and O–H groups in total. The maximum Gasteiger partial charge on any atom is 0.312 e. The van der Waals surface area contributed by atoms with Crippen molar-refractivity contribution >= 4 is 11.9 Å². The van der Waals surface area contributed by atoms with Crippen molar-refractivity contribution in [2.45, 2.75) is 25.4 Å². The van der Waals surface area contributed by atoms with Gasteiger partial charge in [0.2, 0.25) is 0 Å². The highest BCUT2D eigenvalue weighted by Crippen LogP contribution is 2.07. The van der Waals surface area contributed by atoms with Crippen LogP contribution in [0, 0.1) is 0 Å². The molecule has 20 heavy (non-hydrogen) atoms. The molecule has 6 heteroatoms. The minimum Gasteiger partial charge on any atom is -0.352 e. The summed E-state index contributed by atoms with van der Waals surface area (Å²) < 4.78 is 0. The molecule has 2 rings (SSSR count). The number of nitrogens with two attached hydrogens (primary N) is 1. The van der Waals surface area contributed by atoms with Crippen molar-refractivity contribution < 1.29 is 9.59 Å². The van der Waals surface area contributed by atoms with E-state index in [1.54, 1.807) is 12.1 Å². The van der Waals surface area contributed by atoms with Crippen LogP contribution in [0.15, 0.2) is 24.3 Å². The predicted molar refractivity (Wildman–Crippen MR) is 76.2 cm³/mol. The van der Waals surface area contributed by atoms with Crippen LogP contribution in [0.1, 0.15) is 28.8 Å². The molecular formula is C14H20N4O2. The fraction of sp³-hybridized carbons (Fsp3) is 0.429. The van der Waals surface area contributed by atoms with Crippen molar-refractivity contribution in [1.29, 1.82) is 0 Å². The van der Waals surface area contributed by atoms with Crippen LogP contribution < -0.4 is 21.7 Å². The molecule has 0 unspecified atom stereocenters. The number of rotatable bonds is 4. The Morgan fingerprint density at radius 1 is 1.30 bits per heavy atom. The first-order valence-corrected chi connectivity index (χ1v) is 6.79. The standard InChI is InChI=1S/C14H20N4O2/c15-14(20)17-8-10-3-5-11(6-4-10)13(19)18-12-2-1-7-16-9-12/h3-6,12,16H,1-2,7-9H2,(H,18,19)(H3,15,17,20)/t12-/m0/s1. The Labute approximate surface area is 118 Å². The lowest BCUT2D eigenvalue weighted by atomic mass is 10.1. The largest absolute Gasteiger partial charge is 0.352 e. The first kappa shape index (κ1) is 14.3. The molecule has 0 aromatic heterocycles. The van der Waals surface area contributed by atoms with Gasteiger partial charge in [0.1, 0.15) is 0 Å². The van der Waals surface area contributed by atoms with Gasteiger partial charge in [0.25, 0.3) is 5.91 Å². The lowest BCUT2D eigenvalue weighted by Gasteiger charge is -2.23. The molecule has 6 nitrogen and oxygen atoms in total. The molecule has 3 amide bonds. The second-order valence-electron chi connectivity index (χ2n) is 4.93. The number of nitrogens with one attached hydrogen (secondary N) is 3. The second kappa shape index (κ2) is 6.91. The van der Waals surface area contributed by atoms with Crippen LogP contribution >= 0.6 is 0 Å². The van der Waals surface area contributed by atoms with Gasteiger partial charge in [-0.2, -0.15) is 0 Å². The summed E-state index contributed by atoms with van der Waals surface area (Å²) in [5.41, 5.74) is 6.53. The third-order valence-electron chi connectivity index (χ3n) is 3.31. The average molecular weight is 276 g/mol. The Morgan fingerprint density at radius 3 is 2.65 bits per heavy atom. The minimum absolute atomic E-state index is 0.0619. The summed E-state index contributed by atoms with van der Waals surface area (Å²) >= 11 is 0. The topological polar surface area (TPSA) is 96.2 Å². The van der Waals surface area contributed by atoms with Gasteiger partial charge in [-0.25, -0.2) is 4.79 Å². The summed E-state index contributed by atoms with van der Waals surface area (Å²) in [4.78, 5) is 22.7. The molecule has 1 aromatic carbocycles.